The quantitative estimate of drug-likeness (QED) is 0.818. The molecule has 1 aromatic rings. The van der Waals surface area contributed by atoms with Crippen LogP contribution in [0.25, 0.3) is 0 Å². The van der Waals surface area contributed by atoms with Crippen LogP contribution in [-0.4, -0.2) is 34.1 Å². The Kier molecular flexibility index (Phi) is 2.26. The first-order chi connectivity index (χ1) is 7.01. The van der Waals surface area contributed by atoms with Crippen LogP contribution in [0.3, 0.4) is 0 Å². The van der Waals surface area contributed by atoms with Gasteiger partial charge in [-0.15, -0.1) is 0 Å². The molecule has 80 valence electrons. The molecule has 15 heavy (non-hydrogen) atoms. The van der Waals surface area contributed by atoms with Crippen molar-refractivity contribution in [2.24, 2.45) is 5.41 Å². The second kappa shape index (κ2) is 3.34. The molecule has 0 atom stereocenters. The Hall–Kier alpha value is -1.36. The fourth-order valence-electron chi connectivity index (χ4n) is 1.56. The molecule has 1 aliphatic rings. The summed E-state index contributed by atoms with van der Waals surface area (Å²) in [5, 5.41) is 9.25. The van der Waals surface area contributed by atoms with E-state index in [4.69, 9.17) is 16.7 Å². The van der Waals surface area contributed by atoms with E-state index in [1.807, 2.05) is 4.90 Å². The van der Waals surface area contributed by atoms with Crippen molar-refractivity contribution in [1.29, 1.82) is 0 Å². The third-order valence-electron chi connectivity index (χ3n) is 2.53. The van der Waals surface area contributed by atoms with Gasteiger partial charge in [0.1, 0.15) is 11.0 Å². The van der Waals surface area contributed by atoms with Gasteiger partial charge in [-0.05, 0) is 6.92 Å². The lowest BCUT2D eigenvalue weighted by atomic mass is 9.82. The Bertz CT molecular complexity index is 387. The molecule has 1 N–H and O–H groups in total. The number of nitrogens with zero attached hydrogens (tertiary/aromatic N) is 3. The molecule has 0 unspecified atom stereocenters. The van der Waals surface area contributed by atoms with E-state index < -0.39 is 11.4 Å². The lowest BCUT2D eigenvalue weighted by molar-refractivity contribution is -0.149. The van der Waals surface area contributed by atoms with E-state index in [9.17, 15) is 4.79 Å². The predicted molar refractivity (Wildman–Crippen MR) is 55.0 cm³/mol. The molecule has 0 spiro atoms. The second-order valence-corrected chi connectivity index (χ2v) is 4.31. The Labute approximate surface area is 91.7 Å². The number of hydrogen-bond donors (Lipinski definition) is 1. The van der Waals surface area contributed by atoms with Gasteiger partial charge in [-0.3, -0.25) is 4.79 Å². The number of anilines is 1. The molecule has 0 aliphatic carbocycles. The van der Waals surface area contributed by atoms with Crippen molar-refractivity contribution < 1.29 is 9.90 Å². The van der Waals surface area contributed by atoms with E-state index >= 15 is 0 Å². The monoisotopic (exact) mass is 227 g/mol. The third kappa shape index (κ3) is 1.74. The number of halogens is 1. The summed E-state index contributed by atoms with van der Waals surface area (Å²) in [6.45, 7) is 2.63. The fourth-order valence-corrected chi connectivity index (χ4v) is 1.66. The summed E-state index contributed by atoms with van der Waals surface area (Å²) in [4.78, 5) is 20.7. The van der Waals surface area contributed by atoms with Crippen LogP contribution in [0.5, 0.6) is 0 Å². The minimum Gasteiger partial charge on any atom is -0.481 e. The van der Waals surface area contributed by atoms with Crippen LogP contribution in [0.4, 0.5) is 5.82 Å². The van der Waals surface area contributed by atoms with Crippen molar-refractivity contribution in [3.05, 3.63) is 17.5 Å². The first kappa shape index (κ1) is 10.2. The van der Waals surface area contributed by atoms with E-state index in [2.05, 4.69) is 9.97 Å². The molecule has 1 saturated heterocycles. The number of aromatic nitrogens is 2. The number of hydrogen-bond acceptors (Lipinski definition) is 4. The van der Waals surface area contributed by atoms with Crippen LogP contribution in [0.1, 0.15) is 6.92 Å². The van der Waals surface area contributed by atoms with Crippen molar-refractivity contribution in [1.82, 2.24) is 9.97 Å². The number of aliphatic carboxylic acids is 1. The summed E-state index contributed by atoms with van der Waals surface area (Å²) in [5.74, 6) is -0.112. The van der Waals surface area contributed by atoms with Crippen LogP contribution in [0.2, 0.25) is 5.15 Å². The summed E-state index contributed by atoms with van der Waals surface area (Å²) in [6, 6.07) is 0. The molecule has 1 fully saturated rings. The fraction of sp³-hybridized carbons (Fsp3) is 0.444. The Morgan fingerprint density at radius 3 is 2.67 bits per heavy atom. The minimum absolute atomic E-state index is 0.334. The zero-order valence-electron chi connectivity index (χ0n) is 8.14. The van der Waals surface area contributed by atoms with E-state index in [-0.39, 0.29) is 0 Å². The van der Waals surface area contributed by atoms with Crippen LogP contribution in [-0.2, 0) is 4.79 Å². The van der Waals surface area contributed by atoms with Gasteiger partial charge in [0.25, 0.3) is 0 Å². The highest BCUT2D eigenvalue weighted by Gasteiger charge is 2.45. The maximum absolute atomic E-state index is 10.9. The standard InChI is InChI=1S/C9H10ClN3O2/c1-9(8(14)15)4-13(5-9)7-3-11-6(10)2-12-7/h2-3H,4-5H2,1H3,(H,14,15). The highest BCUT2D eigenvalue weighted by molar-refractivity contribution is 6.29. The summed E-state index contributed by atoms with van der Waals surface area (Å²) < 4.78 is 0. The second-order valence-electron chi connectivity index (χ2n) is 3.92. The topological polar surface area (TPSA) is 66.3 Å². The number of carbonyl (C=O) groups is 1. The van der Waals surface area contributed by atoms with Crippen molar-refractivity contribution in [2.75, 3.05) is 18.0 Å². The summed E-state index contributed by atoms with van der Waals surface area (Å²) in [6.07, 6.45) is 3.00. The number of carboxylic acid groups (broad SMARTS) is 1. The zero-order chi connectivity index (χ0) is 11.1. The lowest BCUT2D eigenvalue weighted by Gasteiger charge is -2.45. The van der Waals surface area contributed by atoms with Crippen molar-refractivity contribution in [3.8, 4) is 0 Å². The normalized spacial score (nSPS) is 18.4. The molecule has 2 rings (SSSR count). The Balaban J connectivity index is 2.06. The highest BCUT2D eigenvalue weighted by Crippen LogP contribution is 2.32. The molecule has 5 nitrogen and oxygen atoms in total. The van der Waals surface area contributed by atoms with Crippen LogP contribution in [0, 0.1) is 5.41 Å². The van der Waals surface area contributed by atoms with E-state index in [0.29, 0.717) is 24.1 Å². The molecule has 0 radical (unpaired) electrons. The maximum Gasteiger partial charge on any atom is 0.312 e. The molecular formula is C9H10ClN3O2. The smallest absolute Gasteiger partial charge is 0.312 e. The zero-order valence-corrected chi connectivity index (χ0v) is 8.90. The van der Waals surface area contributed by atoms with Crippen LogP contribution >= 0.6 is 11.6 Å². The molecule has 0 amide bonds. The largest absolute Gasteiger partial charge is 0.481 e. The summed E-state index contributed by atoms with van der Waals surface area (Å²) >= 11 is 5.60. The lowest BCUT2D eigenvalue weighted by Crippen LogP contribution is -2.59. The van der Waals surface area contributed by atoms with Gasteiger partial charge >= 0.3 is 5.97 Å². The summed E-state index contributed by atoms with van der Waals surface area (Å²) in [7, 11) is 0. The van der Waals surface area contributed by atoms with E-state index in [0.717, 1.165) is 0 Å². The molecule has 1 aliphatic heterocycles. The highest BCUT2D eigenvalue weighted by atomic mass is 35.5. The predicted octanol–water partition coefficient (Wildman–Crippen LogP) is 1.04. The SMILES string of the molecule is CC1(C(=O)O)CN(c2cnc(Cl)cn2)C1. The molecule has 0 aromatic carbocycles. The first-order valence-corrected chi connectivity index (χ1v) is 4.85. The number of carboxylic acids is 1. The first-order valence-electron chi connectivity index (χ1n) is 4.47. The van der Waals surface area contributed by atoms with Crippen molar-refractivity contribution in [2.45, 2.75) is 6.92 Å². The molecule has 0 bridgehead atoms. The Morgan fingerprint density at radius 1 is 1.53 bits per heavy atom. The molecule has 6 heteroatoms. The average Bonchev–Trinajstić information content (AvgIpc) is 2.14. The average molecular weight is 228 g/mol. The Morgan fingerprint density at radius 2 is 2.20 bits per heavy atom. The molecule has 0 saturated carbocycles. The van der Waals surface area contributed by atoms with E-state index in [1.165, 1.54) is 6.20 Å². The van der Waals surface area contributed by atoms with Gasteiger partial charge in [-0.2, -0.15) is 0 Å². The number of rotatable bonds is 2. The van der Waals surface area contributed by atoms with Gasteiger partial charge in [-0.1, -0.05) is 11.6 Å². The van der Waals surface area contributed by atoms with Crippen LogP contribution < -0.4 is 4.90 Å². The van der Waals surface area contributed by atoms with Crippen LogP contribution in [0.15, 0.2) is 12.4 Å². The van der Waals surface area contributed by atoms with Crippen molar-refractivity contribution in [3.63, 3.8) is 0 Å². The third-order valence-corrected chi connectivity index (χ3v) is 2.72. The maximum atomic E-state index is 10.9. The van der Waals surface area contributed by atoms with E-state index in [1.54, 1.807) is 13.1 Å². The molecule has 1 aromatic heterocycles. The van der Waals surface area contributed by atoms with Gasteiger partial charge in [-0.25, -0.2) is 9.97 Å². The minimum atomic E-state index is -0.777. The van der Waals surface area contributed by atoms with Gasteiger partial charge in [0.2, 0.25) is 0 Å². The van der Waals surface area contributed by atoms with Gasteiger partial charge in [0, 0.05) is 13.1 Å². The molecule has 2 heterocycles. The van der Waals surface area contributed by atoms with Gasteiger partial charge in [0.15, 0.2) is 0 Å². The van der Waals surface area contributed by atoms with Gasteiger partial charge in [0.05, 0.1) is 17.8 Å². The van der Waals surface area contributed by atoms with Crippen molar-refractivity contribution >= 4 is 23.4 Å². The summed E-state index contributed by atoms with van der Waals surface area (Å²) in [5.41, 5.74) is -0.665. The molecular weight excluding hydrogens is 218 g/mol. The van der Waals surface area contributed by atoms with Gasteiger partial charge < -0.3 is 10.0 Å².